The Hall–Kier alpha value is -1.71. The lowest BCUT2D eigenvalue weighted by atomic mass is 9.97. The van der Waals surface area contributed by atoms with Gasteiger partial charge in [-0.2, -0.15) is 5.48 Å². The first-order chi connectivity index (χ1) is 12.5. The van der Waals surface area contributed by atoms with Crippen LogP contribution in [0.15, 0.2) is 29.5 Å². The van der Waals surface area contributed by atoms with Gasteiger partial charge in [0, 0.05) is 30.4 Å². The molecule has 1 unspecified atom stereocenters. The van der Waals surface area contributed by atoms with E-state index in [0.29, 0.717) is 38.4 Å². The molecule has 1 heterocycles. The van der Waals surface area contributed by atoms with Crippen molar-refractivity contribution in [2.75, 3.05) is 39.5 Å². The van der Waals surface area contributed by atoms with Crippen molar-refractivity contribution in [1.82, 2.24) is 10.4 Å². The van der Waals surface area contributed by atoms with E-state index in [4.69, 9.17) is 26.8 Å². The molecule has 0 saturated carbocycles. The number of carbonyl (C=O) groups is 1. The van der Waals surface area contributed by atoms with Crippen LogP contribution in [0.2, 0.25) is 5.02 Å². The van der Waals surface area contributed by atoms with E-state index in [9.17, 15) is 14.4 Å². The average Bonchev–Trinajstić information content (AvgIpc) is 2.61. The van der Waals surface area contributed by atoms with Crippen LogP contribution >= 0.6 is 11.6 Å². The number of nitrogens with two attached hydrogens (primary N) is 1. The van der Waals surface area contributed by atoms with Crippen LogP contribution in [0.25, 0.3) is 0 Å². The highest BCUT2D eigenvalue weighted by molar-refractivity contribution is 6.31. The number of nitrogens with zero attached hydrogens (tertiary/aromatic N) is 1. The van der Waals surface area contributed by atoms with Crippen molar-refractivity contribution in [2.45, 2.75) is 13.0 Å². The topological polar surface area (TPSA) is 97.1 Å². The highest BCUT2D eigenvalue weighted by Crippen LogP contribution is 2.30. The SMILES string of the molecule is CCOC(=O)/C(=C(/N)CN1CCOCC1)C(NO)c1ccc(F)cc1Cl. The molecule has 0 bridgehead atoms. The van der Waals surface area contributed by atoms with Gasteiger partial charge in [-0.25, -0.2) is 9.18 Å². The molecule has 9 heteroatoms. The Kier molecular flexibility index (Phi) is 7.80. The molecule has 1 aliphatic heterocycles. The molecule has 7 nitrogen and oxygen atoms in total. The Morgan fingerprint density at radius 2 is 2.19 bits per heavy atom. The molecule has 0 aliphatic carbocycles. The van der Waals surface area contributed by atoms with Crippen molar-refractivity contribution in [2.24, 2.45) is 5.73 Å². The minimum absolute atomic E-state index is 0.0364. The molecule has 2 rings (SSSR count). The molecule has 1 atom stereocenters. The number of halogens is 2. The molecule has 0 amide bonds. The summed E-state index contributed by atoms with van der Waals surface area (Å²) in [6.07, 6.45) is 0. The fraction of sp³-hybridized carbons (Fsp3) is 0.471. The first kappa shape index (κ1) is 20.6. The number of hydroxylamine groups is 1. The van der Waals surface area contributed by atoms with Gasteiger partial charge in [-0.1, -0.05) is 17.7 Å². The van der Waals surface area contributed by atoms with E-state index in [1.165, 1.54) is 12.1 Å². The zero-order valence-corrected chi connectivity index (χ0v) is 15.3. The second kappa shape index (κ2) is 9.84. The number of esters is 1. The number of hydrogen-bond acceptors (Lipinski definition) is 7. The molecular formula is C17H23ClFN3O4. The number of ether oxygens (including phenoxy) is 2. The van der Waals surface area contributed by atoms with Crippen molar-refractivity contribution < 1.29 is 23.9 Å². The van der Waals surface area contributed by atoms with Gasteiger partial charge in [0.05, 0.1) is 31.4 Å². The molecule has 1 aromatic carbocycles. The summed E-state index contributed by atoms with van der Waals surface area (Å²) >= 11 is 6.09. The van der Waals surface area contributed by atoms with Crippen LogP contribution in [-0.4, -0.2) is 55.5 Å². The van der Waals surface area contributed by atoms with Gasteiger partial charge >= 0.3 is 5.97 Å². The van der Waals surface area contributed by atoms with Crippen molar-refractivity contribution in [3.8, 4) is 0 Å². The van der Waals surface area contributed by atoms with Gasteiger partial charge in [-0.05, 0) is 24.6 Å². The van der Waals surface area contributed by atoms with Gasteiger partial charge in [-0.15, -0.1) is 0 Å². The van der Waals surface area contributed by atoms with Gasteiger partial charge in [0.2, 0.25) is 0 Å². The van der Waals surface area contributed by atoms with Crippen LogP contribution < -0.4 is 11.2 Å². The minimum Gasteiger partial charge on any atom is -0.463 e. The van der Waals surface area contributed by atoms with Gasteiger partial charge in [0.25, 0.3) is 0 Å². The van der Waals surface area contributed by atoms with Crippen molar-refractivity contribution >= 4 is 17.6 Å². The Labute approximate surface area is 156 Å². The molecule has 144 valence electrons. The second-order valence-corrected chi connectivity index (χ2v) is 6.18. The van der Waals surface area contributed by atoms with E-state index >= 15 is 0 Å². The summed E-state index contributed by atoms with van der Waals surface area (Å²) in [6.45, 7) is 4.61. The molecule has 4 N–H and O–H groups in total. The third-order valence-electron chi connectivity index (χ3n) is 4.03. The molecule has 0 aromatic heterocycles. The smallest absolute Gasteiger partial charge is 0.337 e. The molecule has 0 radical (unpaired) electrons. The highest BCUT2D eigenvalue weighted by Gasteiger charge is 2.29. The predicted molar refractivity (Wildman–Crippen MR) is 94.2 cm³/mol. The Balaban J connectivity index is 2.39. The van der Waals surface area contributed by atoms with E-state index in [1.54, 1.807) is 6.92 Å². The van der Waals surface area contributed by atoms with E-state index in [1.807, 2.05) is 10.4 Å². The maximum Gasteiger partial charge on any atom is 0.337 e. The quantitative estimate of drug-likeness (QED) is 0.371. The number of rotatable bonds is 7. The molecule has 26 heavy (non-hydrogen) atoms. The maximum atomic E-state index is 13.3. The summed E-state index contributed by atoms with van der Waals surface area (Å²) in [5, 5.41) is 9.74. The summed E-state index contributed by atoms with van der Waals surface area (Å²) in [7, 11) is 0. The van der Waals surface area contributed by atoms with Crippen LogP contribution in [0.5, 0.6) is 0 Å². The summed E-state index contributed by atoms with van der Waals surface area (Å²) in [6, 6.07) is 2.62. The minimum atomic E-state index is -1.05. The number of morpholine rings is 1. The Bertz CT molecular complexity index is 665. The fourth-order valence-corrected chi connectivity index (χ4v) is 3.03. The van der Waals surface area contributed by atoms with Crippen molar-refractivity contribution in [1.29, 1.82) is 0 Å². The normalized spacial score (nSPS) is 17.5. The second-order valence-electron chi connectivity index (χ2n) is 5.78. The maximum absolute atomic E-state index is 13.3. The standard InChI is InChI=1S/C17H23ClFN3O4/c1-2-26-17(23)15(14(20)10-22-5-7-25-8-6-22)16(21-24)12-4-3-11(19)9-13(12)18/h3-4,9,16,21,24H,2,5-8,10,20H2,1H3/b15-14+. The van der Waals surface area contributed by atoms with Gasteiger partial charge in [0.15, 0.2) is 0 Å². The molecule has 1 saturated heterocycles. The third kappa shape index (κ3) is 5.15. The van der Waals surface area contributed by atoms with Crippen LogP contribution in [-0.2, 0) is 14.3 Å². The van der Waals surface area contributed by atoms with Crippen LogP contribution in [0.4, 0.5) is 4.39 Å². The largest absolute Gasteiger partial charge is 0.463 e. The van der Waals surface area contributed by atoms with Gasteiger partial charge < -0.3 is 20.4 Å². The third-order valence-corrected chi connectivity index (χ3v) is 4.36. The summed E-state index contributed by atoms with van der Waals surface area (Å²) < 4.78 is 23.7. The van der Waals surface area contributed by atoms with E-state index in [-0.39, 0.29) is 22.9 Å². The predicted octanol–water partition coefficient (Wildman–Crippen LogP) is 1.61. The van der Waals surface area contributed by atoms with Crippen molar-refractivity contribution in [3.05, 3.63) is 45.9 Å². The highest BCUT2D eigenvalue weighted by atomic mass is 35.5. The first-order valence-electron chi connectivity index (χ1n) is 8.28. The first-order valence-corrected chi connectivity index (χ1v) is 8.66. The average molecular weight is 388 g/mol. The lowest BCUT2D eigenvalue weighted by molar-refractivity contribution is -0.139. The fourth-order valence-electron chi connectivity index (χ4n) is 2.75. The summed E-state index contributed by atoms with van der Waals surface area (Å²) in [4.78, 5) is 14.5. The number of carbonyl (C=O) groups excluding carboxylic acids is 1. The zero-order chi connectivity index (χ0) is 19.1. The Morgan fingerprint density at radius 3 is 2.77 bits per heavy atom. The van der Waals surface area contributed by atoms with Gasteiger partial charge in [0.1, 0.15) is 5.82 Å². The Morgan fingerprint density at radius 1 is 1.50 bits per heavy atom. The van der Waals surface area contributed by atoms with Crippen LogP contribution in [0.3, 0.4) is 0 Å². The monoisotopic (exact) mass is 387 g/mol. The number of hydrogen-bond donors (Lipinski definition) is 3. The van der Waals surface area contributed by atoms with Crippen LogP contribution in [0, 0.1) is 5.82 Å². The molecular weight excluding hydrogens is 365 g/mol. The molecule has 1 fully saturated rings. The van der Waals surface area contributed by atoms with E-state index in [2.05, 4.69) is 0 Å². The lowest BCUT2D eigenvalue weighted by Gasteiger charge is -2.28. The summed E-state index contributed by atoms with van der Waals surface area (Å²) in [5.74, 6) is -1.21. The molecule has 1 aromatic rings. The lowest BCUT2D eigenvalue weighted by Crippen LogP contribution is -2.40. The van der Waals surface area contributed by atoms with E-state index < -0.39 is 17.8 Å². The number of nitrogens with one attached hydrogen (secondary N) is 1. The van der Waals surface area contributed by atoms with Crippen LogP contribution in [0.1, 0.15) is 18.5 Å². The number of benzene rings is 1. The van der Waals surface area contributed by atoms with E-state index in [0.717, 1.165) is 6.07 Å². The van der Waals surface area contributed by atoms with Gasteiger partial charge in [-0.3, -0.25) is 4.90 Å². The zero-order valence-electron chi connectivity index (χ0n) is 14.5. The summed E-state index contributed by atoms with van der Waals surface area (Å²) in [5.41, 5.74) is 8.83. The molecule has 1 aliphatic rings. The van der Waals surface area contributed by atoms with Crippen molar-refractivity contribution in [3.63, 3.8) is 0 Å². The molecule has 0 spiro atoms.